The summed E-state index contributed by atoms with van der Waals surface area (Å²) in [5.41, 5.74) is 0. The van der Waals surface area contributed by atoms with E-state index in [4.69, 9.17) is 9.47 Å². The molecule has 0 saturated carbocycles. The number of nitrogens with one attached hydrogen (secondary N) is 1. The molecule has 3 rings (SSSR count). The summed E-state index contributed by atoms with van der Waals surface area (Å²) in [4.78, 5) is 14.2. The van der Waals surface area contributed by atoms with Crippen molar-refractivity contribution in [3.05, 3.63) is 36.2 Å². The molecule has 0 aliphatic carbocycles. The number of ether oxygens (including phenoxy) is 2. The van der Waals surface area contributed by atoms with Gasteiger partial charge in [0.25, 0.3) is 0 Å². The Kier molecular flexibility index (Phi) is 7.55. The lowest BCUT2D eigenvalue weighted by molar-refractivity contribution is -0.121. The highest BCUT2D eigenvalue weighted by Crippen LogP contribution is 2.07. The van der Waals surface area contributed by atoms with Gasteiger partial charge in [0.05, 0.1) is 26.3 Å². The molecule has 0 atom stereocenters. The Morgan fingerprint density at radius 1 is 1.22 bits per heavy atom. The average Bonchev–Trinajstić information content (AvgIpc) is 3.14. The van der Waals surface area contributed by atoms with Crippen molar-refractivity contribution in [3.63, 3.8) is 0 Å². The molecule has 2 heterocycles. The third-order valence-electron chi connectivity index (χ3n) is 4.28. The number of carbonyl (C=O) groups is 1. The van der Waals surface area contributed by atoms with Gasteiger partial charge in [0.2, 0.25) is 5.91 Å². The molecule has 9 nitrogen and oxygen atoms in total. The molecule has 1 aliphatic heterocycles. The van der Waals surface area contributed by atoms with Crippen LogP contribution in [0.3, 0.4) is 0 Å². The molecule has 1 saturated heterocycles. The zero-order valence-electron chi connectivity index (χ0n) is 15.4. The minimum atomic E-state index is 0.00876. The number of hydrogen-bond acceptors (Lipinski definition) is 7. The fourth-order valence-electron chi connectivity index (χ4n) is 2.82. The average molecular weight is 374 g/mol. The van der Waals surface area contributed by atoms with Crippen LogP contribution >= 0.6 is 0 Å². The smallest absolute Gasteiger partial charge is 0.220 e. The Hall–Kier alpha value is -2.52. The SMILES string of the molecule is O=C(CCCn1nnnc1CN1CCOCC1)NCCOc1ccccc1. The van der Waals surface area contributed by atoms with Gasteiger partial charge >= 0.3 is 0 Å². The van der Waals surface area contributed by atoms with Gasteiger partial charge in [-0.15, -0.1) is 5.10 Å². The normalized spacial score (nSPS) is 14.8. The molecule has 1 amide bonds. The summed E-state index contributed by atoms with van der Waals surface area (Å²) in [7, 11) is 0. The number of nitrogens with zero attached hydrogens (tertiary/aromatic N) is 5. The molecule has 1 fully saturated rings. The molecule has 9 heteroatoms. The number of aromatic nitrogens is 4. The third kappa shape index (κ3) is 6.61. The van der Waals surface area contributed by atoms with Crippen LogP contribution < -0.4 is 10.1 Å². The lowest BCUT2D eigenvalue weighted by Gasteiger charge is -2.25. The number of tetrazole rings is 1. The molecule has 1 N–H and O–H groups in total. The monoisotopic (exact) mass is 374 g/mol. The minimum absolute atomic E-state index is 0.00876. The van der Waals surface area contributed by atoms with Gasteiger partial charge in [-0.05, 0) is 29.0 Å². The van der Waals surface area contributed by atoms with E-state index in [1.165, 1.54) is 0 Å². The molecule has 0 spiro atoms. The zero-order chi connectivity index (χ0) is 18.7. The third-order valence-corrected chi connectivity index (χ3v) is 4.28. The Morgan fingerprint density at radius 3 is 2.85 bits per heavy atom. The Bertz CT molecular complexity index is 687. The van der Waals surface area contributed by atoms with Crippen molar-refractivity contribution < 1.29 is 14.3 Å². The number of benzene rings is 1. The Balaban J connectivity index is 1.30. The molecule has 0 unspecified atom stereocenters. The Morgan fingerprint density at radius 2 is 2.04 bits per heavy atom. The summed E-state index contributed by atoms with van der Waals surface area (Å²) in [6, 6.07) is 9.55. The van der Waals surface area contributed by atoms with E-state index in [1.54, 1.807) is 4.68 Å². The van der Waals surface area contributed by atoms with Crippen LogP contribution in [-0.2, 0) is 22.6 Å². The fraction of sp³-hybridized carbons (Fsp3) is 0.556. The number of para-hydroxylation sites is 1. The van der Waals surface area contributed by atoms with Crippen LogP contribution in [0, 0.1) is 0 Å². The summed E-state index contributed by atoms with van der Waals surface area (Å²) >= 11 is 0. The van der Waals surface area contributed by atoms with E-state index in [2.05, 4.69) is 25.7 Å². The Labute approximate surface area is 158 Å². The molecule has 1 aromatic carbocycles. The van der Waals surface area contributed by atoms with Gasteiger partial charge in [-0.3, -0.25) is 9.69 Å². The van der Waals surface area contributed by atoms with Crippen molar-refractivity contribution >= 4 is 5.91 Å². The van der Waals surface area contributed by atoms with E-state index in [0.717, 1.165) is 37.9 Å². The zero-order valence-corrected chi connectivity index (χ0v) is 15.4. The van der Waals surface area contributed by atoms with Crippen LogP contribution in [0.15, 0.2) is 30.3 Å². The molecular formula is C18H26N6O3. The first kappa shape index (κ1) is 19.2. The second-order valence-corrected chi connectivity index (χ2v) is 6.32. The van der Waals surface area contributed by atoms with Crippen LogP contribution in [0.5, 0.6) is 5.75 Å². The highest BCUT2D eigenvalue weighted by atomic mass is 16.5. The second-order valence-electron chi connectivity index (χ2n) is 6.32. The van der Waals surface area contributed by atoms with Gasteiger partial charge < -0.3 is 14.8 Å². The molecule has 1 aliphatic rings. The van der Waals surface area contributed by atoms with E-state index in [1.807, 2.05) is 30.3 Å². The first-order valence-corrected chi connectivity index (χ1v) is 9.31. The number of aryl methyl sites for hydroxylation is 1. The van der Waals surface area contributed by atoms with Crippen molar-refractivity contribution in [2.24, 2.45) is 0 Å². The maximum absolute atomic E-state index is 11.9. The molecule has 27 heavy (non-hydrogen) atoms. The minimum Gasteiger partial charge on any atom is -0.492 e. The number of carbonyl (C=O) groups excluding carboxylic acids is 1. The summed E-state index contributed by atoms with van der Waals surface area (Å²) in [6.45, 7) is 5.54. The molecule has 0 radical (unpaired) electrons. The van der Waals surface area contributed by atoms with Gasteiger partial charge in [0, 0.05) is 26.1 Å². The largest absolute Gasteiger partial charge is 0.492 e. The molecule has 0 bridgehead atoms. The summed E-state index contributed by atoms with van der Waals surface area (Å²) in [5, 5.41) is 14.8. The van der Waals surface area contributed by atoms with Gasteiger partial charge in [-0.1, -0.05) is 18.2 Å². The molecule has 1 aromatic heterocycles. The predicted molar refractivity (Wildman–Crippen MR) is 98.1 cm³/mol. The fourth-order valence-corrected chi connectivity index (χ4v) is 2.82. The molecular weight excluding hydrogens is 348 g/mol. The van der Waals surface area contributed by atoms with Crippen LogP contribution in [0.4, 0.5) is 0 Å². The quantitative estimate of drug-likeness (QED) is 0.605. The first-order chi connectivity index (χ1) is 13.3. The van der Waals surface area contributed by atoms with Crippen molar-refractivity contribution in [2.75, 3.05) is 39.5 Å². The van der Waals surface area contributed by atoms with Crippen molar-refractivity contribution in [1.82, 2.24) is 30.4 Å². The number of amides is 1. The van der Waals surface area contributed by atoms with Crippen LogP contribution in [0.2, 0.25) is 0 Å². The van der Waals surface area contributed by atoms with E-state index in [-0.39, 0.29) is 5.91 Å². The highest BCUT2D eigenvalue weighted by molar-refractivity contribution is 5.75. The molecule has 146 valence electrons. The summed E-state index contributed by atoms with van der Waals surface area (Å²) in [5.74, 6) is 1.64. The predicted octanol–water partition coefficient (Wildman–Crippen LogP) is 0.481. The van der Waals surface area contributed by atoms with Crippen LogP contribution in [0.1, 0.15) is 18.7 Å². The van der Waals surface area contributed by atoms with E-state index < -0.39 is 0 Å². The van der Waals surface area contributed by atoms with Gasteiger partial charge in [-0.2, -0.15) is 0 Å². The van der Waals surface area contributed by atoms with Crippen molar-refractivity contribution in [3.8, 4) is 5.75 Å². The highest BCUT2D eigenvalue weighted by Gasteiger charge is 2.15. The van der Waals surface area contributed by atoms with Gasteiger partial charge in [0.1, 0.15) is 12.4 Å². The number of morpholine rings is 1. The summed E-state index contributed by atoms with van der Waals surface area (Å²) in [6.07, 6.45) is 1.12. The topological polar surface area (TPSA) is 94.4 Å². The standard InChI is InChI=1S/C18H26N6O3/c25-18(19-8-12-27-16-5-2-1-3-6-16)7-4-9-24-17(20-21-22-24)15-23-10-13-26-14-11-23/h1-3,5-6H,4,7-15H2,(H,19,25). The second kappa shape index (κ2) is 10.6. The molecule has 2 aromatic rings. The van der Waals surface area contributed by atoms with Crippen LogP contribution in [-0.4, -0.2) is 70.5 Å². The lowest BCUT2D eigenvalue weighted by atomic mass is 10.3. The number of hydrogen-bond donors (Lipinski definition) is 1. The summed E-state index contributed by atoms with van der Waals surface area (Å²) < 4.78 is 12.7. The first-order valence-electron chi connectivity index (χ1n) is 9.31. The number of rotatable bonds is 10. The van der Waals surface area contributed by atoms with Crippen molar-refractivity contribution in [1.29, 1.82) is 0 Å². The maximum atomic E-state index is 11.9. The van der Waals surface area contributed by atoms with Crippen molar-refractivity contribution in [2.45, 2.75) is 25.9 Å². The van der Waals surface area contributed by atoms with Crippen LogP contribution in [0.25, 0.3) is 0 Å². The van der Waals surface area contributed by atoms with E-state index >= 15 is 0 Å². The van der Waals surface area contributed by atoms with Gasteiger partial charge in [-0.25, -0.2) is 4.68 Å². The lowest BCUT2D eigenvalue weighted by Crippen LogP contribution is -2.36. The van der Waals surface area contributed by atoms with E-state index in [9.17, 15) is 4.79 Å². The maximum Gasteiger partial charge on any atom is 0.220 e. The van der Waals surface area contributed by atoms with E-state index in [0.29, 0.717) is 39.1 Å². The van der Waals surface area contributed by atoms with Gasteiger partial charge in [0.15, 0.2) is 5.82 Å².